The topological polar surface area (TPSA) is 106 Å². The second-order valence-electron chi connectivity index (χ2n) is 8.21. The molecule has 1 unspecified atom stereocenters. The van der Waals surface area contributed by atoms with Crippen molar-refractivity contribution in [2.24, 2.45) is 0 Å². The maximum Gasteiger partial charge on any atom is 0.436 e. The zero-order chi connectivity index (χ0) is 22.8. The zero-order valence-corrected chi connectivity index (χ0v) is 18.9. The van der Waals surface area contributed by atoms with Gasteiger partial charge in [-0.25, -0.2) is 9.59 Å². The fourth-order valence-corrected chi connectivity index (χ4v) is 4.00. The maximum atomic E-state index is 13.4. The molecule has 31 heavy (non-hydrogen) atoms. The van der Waals surface area contributed by atoms with E-state index >= 15 is 0 Å². The molecule has 2 aromatic rings. The quantitative estimate of drug-likeness (QED) is 0.733. The molecule has 0 saturated carbocycles. The number of nitrogens with two attached hydrogens (primary N) is 1. The molecule has 9 heteroatoms. The Morgan fingerprint density at radius 1 is 1.29 bits per heavy atom. The van der Waals surface area contributed by atoms with Crippen LogP contribution in [-0.2, 0) is 16.8 Å². The number of aromatic nitrogens is 2. The first-order valence-corrected chi connectivity index (χ1v) is 10.6. The Kier molecular flexibility index (Phi) is 6.54. The van der Waals surface area contributed by atoms with Gasteiger partial charge in [-0.15, -0.1) is 4.68 Å². The minimum Gasteiger partial charge on any atom is -0.448 e. The van der Waals surface area contributed by atoms with Crippen molar-refractivity contribution in [2.75, 3.05) is 33.0 Å². The normalized spacial score (nSPS) is 18.7. The highest BCUT2D eigenvalue weighted by molar-refractivity contribution is 5.79. The molecule has 168 valence electrons. The number of carbonyl (C=O) groups is 2. The summed E-state index contributed by atoms with van der Waals surface area (Å²) in [7, 11) is 3.95. The van der Waals surface area contributed by atoms with Crippen LogP contribution in [0.5, 0.6) is 0 Å². The van der Waals surface area contributed by atoms with E-state index in [9.17, 15) is 9.59 Å². The Balaban J connectivity index is 1.87. The molecule has 3 rings (SSSR count). The number of nitrogens with zero attached hydrogens (tertiary/aromatic N) is 4. The summed E-state index contributed by atoms with van der Waals surface area (Å²) in [5.41, 5.74) is 7.89. The van der Waals surface area contributed by atoms with Crippen molar-refractivity contribution in [3.63, 3.8) is 0 Å². The SMILES string of the molecule is CCOC(=O)n1nc2c(c1N)CN(C(=O)N[C@H](CN(C)C)c1ccccc1)C2(C)CC. The molecule has 0 radical (unpaired) electrons. The number of ether oxygens (including phenoxy) is 1. The van der Waals surface area contributed by atoms with Gasteiger partial charge < -0.3 is 25.6 Å². The number of benzene rings is 1. The van der Waals surface area contributed by atoms with Crippen LogP contribution < -0.4 is 11.1 Å². The number of urea groups is 1. The monoisotopic (exact) mass is 428 g/mol. The van der Waals surface area contributed by atoms with E-state index < -0.39 is 11.6 Å². The molecule has 3 N–H and O–H groups in total. The molecule has 9 nitrogen and oxygen atoms in total. The minimum absolute atomic E-state index is 0.172. The lowest BCUT2D eigenvalue weighted by Gasteiger charge is -2.36. The number of nitrogens with one attached hydrogen (secondary N) is 1. The van der Waals surface area contributed by atoms with E-state index in [1.54, 1.807) is 11.8 Å². The number of rotatable bonds is 6. The minimum atomic E-state index is -0.690. The van der Waals surface area contributed by atoms with Gasteiger partial charge in [0, 0.05) is 12.1 Å². The standard InChI is InChI=1S/C22H32N6O3/c1-6-22(3)18-16(19(23)28(25-18)21(30)31-7-2)13-27(22)20(29)24-17(14-26(4)5)15-11-9-8-10-12-15/h8-12,17H,6-7,13-14,23H2,1-5H3,(H,24,29)/t17-,22?/m1/s1. The van der Waals surface area contributed by atoms with Crippen LogP contribution in [0.4, 0.5) is 15.4 Å². The van der Waals surface area contributed by atoms with Crippen molar-refractivity contribution in [1.82, 2.24) is 24.9 Å². The first kappa shape index (κ1) is 22.6. The van der Waals surface area contributed by atoms with Crippen LogP contribution in [0.3, 0.4) is 0 Å². The summed E-state index contributed by atoms with van der Waals surface area (Å²) in [5.74, 6) is 0.219. The molecular formula is C22H32N6O3. The molecule has 1 aliphatic heterocycles. The van der Waals surface area contributed by atoms with Crippen LogP contribution in [0.25, 0.3) is 0 Å². The Labute approximate surface area is 183 Å². The van der Waals surface area contributed by atoms with Gasteiger partial charge in [0.2, 0.25) is 0 Å². The Morgan fingerprint density at radius 3 is 2.55 bits per heavy atom. The molecule has 0 aliphatic carbocycles. The van der Waals surface area contributed by atoms with Crippen molar-refractivity contribution in [3.05, 3.63) is 47.2 Å². The predicted molar refractivity (Wildman–Crippen MR) is 119 cm³/mol. The summed E-state index contributed by atoms with van der Waals surface area (Å²) in [5, 5.41) is 7.61. The highest BCUT2D eigenvalue weighted by Crippen LogP contribution is 2.43. The van der Waals surface area contributed by atoms with Crippen LogP contribution >= 0.6 is 0 Å². The third-order valence-corrected chi connectivity index (χ3v) is 5.87. The molecular weight excluding hydrogens is 396 g/mol. The van der Waals surface area contributed by atoms with Gasteiger partial charge in [0.1, 0.15) is 5.82 Å². The number of hydrogen-bond donors (Lipinski definition) is 2. The highest BCUT2D eigenvalue weighted by Gasteiger charge is 2.47. The number of amides is 2. The van der Waals surface area contributed by atoms with Gasteiger partial charge in [-0.1, -0.05) is 37.3 Å². The zero-order valence-electron chi connectivity index (χ0n) is 18.9. The second-order valence-corrected chi connectivity index (χ2v) is 8.21. The van der Waals surface area contributed by atoms with Gasteiger partial charge in [0.05, 0.1) is 30.4 Å². The van der Waals surface area contributed by atoms with E-state index in [1.807, 2.05) is 63.2 Å². The summed E-state index contributed by atoms with van der Waals surface area (Å²) in [4.78, 5) is 29.4. The summed E-state index contributed by atoms with van der Waals surface area (Å²) in [6.45, 7) is 6.84. The summed E-state index contributed by atoms with van der Waals surface area (Å²) in [6.07, 6.45) is 0.00936. The van der Waals surface area contributed by atoms with Crippen LogP contribution in [0, 0.1) is 0 Å². The van der Waals surface area contributed by atoms with Crippen molar-refractivity contribution in [1.29, 1.82) is 0 Å². The maximum absolute atomic E-state index is 13.4. The second kappa shape index (κ2) is 8.97. The summed E-state index contributed by atoms with van der Waals surface area (Å²) in [6, 6.07) is 9.53. The van der Waals surface area contributed by atoms with E-state index in [-0.39, 0.29) is 31.0 Å². The number of likely N-dealkylation sites (N-methyl/N-ethyl adjacent to an activating group) is 1. The molecule has 2 heterocycles. The van der Waals surface area contributed by atoms with Gasteiger partial charge >= 0.3 is 12.1 Å². The molecule has 0 bridgehead atoms. The molecule has 0 fully saturated rings. The molecule has 2 amide bonds. The van der Waals surface area contributed by atoms with Gasteiger partial charge in [-0.3, -0.25) is 0 Å². The third-order valence-electron chi connectivity index (χ3n) is 5.87. The first-order valence-electron chi connectivity index (χ1n) is 10.6. The van der Waals surface area contributed by atoms with Crippen molar-refractivity contribution < 1.29 is 14.3 Å². The van der Waals surface area contributed by atoms with Gasteiger partial charge in [0.15, 0.2) is 0 Å². The number of anilines is 1. The van der Waals surface area contributed by atoms with Gasteiger partial charge in [-0.05, 0) is 39.9 Å². The fourth-order valence-electron chi connectivity index (χ4n) is 4.00. The Bertz CT molecular complexity index is 942. The number of hydrogen-bond acceptors (Lipinski definition) is 6. The van der Waals surface area contributed by atoms with Crippen LogP contribution in [0.2, 0.25) is 0 Å². The molecule has 1 aromatic heterocycles. The molecule has 1 aromatic carbocycles. The van der Waals surface area contributed by atoms with E-state index in [0.717, 1.165) is 10.2 Å². The third kappa shape index (κ3) is 4.23. The Morgan fingerprint density at radius 2 is 1.97 bits per heavy atom. The molecule has 0 spiro atoms. The summed E-state index contributed by atoms with van der Waals surface area (Å²) >= 11 is 0. The lowest BCUT2D eigenvalue weighted by molar-refractivity contribution is 0.122. The Hall–Kier alpha value is -3.07. The van der Waals surface area contributed by atoms with Gasteiger partial charge in [0.25, 0.3) is 0 Å². The van der Waals surface area contributed by atoms with E-state index in [4.69, 9.17) is 10.5 Å². The van der Waals surface area contributed by atoms with Crippen LogP contribution in [-0.4, -0.2) is 59.0 Å². The average molecular weight is 429 g/mol. The lowest BCUT2D eigenvalue weighted by Crippen LogP contribution is -2.49. The van der Waals surface area contributed by atoms with E-state index in [0.29, 0.717) is 24.2 Å². The van der Waals surface area contributed by atoms with E-state index in [1.165, 1.54) is 0 Å². The summed E-state index contributed by atoms with van der Waals surface area (Å²) < 4.78 is 6.14. The molecule has 0 saturated heterocycles. The van der Waals surface area contributed by atoms with Crippen molar-refractivity contribution >= 4 is 17.9 Å². The van der Waals surface area contributed by atoms with Gasteiger partial charge in [-0.2, -0.15) is 5.10 Å². The first-order chi connectivity index (χ1) is 14.7. The van der Waals surface area contributed by atoms with Crippen molar-refractivity contribution in [2.45, 2.75) is 45.3 Å². The number of nitrogen functional groups attached to an aromatic ring is 1. The fraction of sp³-hybridized carbons (Fsp3) is 0.500. The molecule has 2 atom stereocenters. The number of fused-ring (bicyclic) bond motifs is 1. The molecule has 1 aliphatic rings. The number of carbonyl (C=O) groups excluding carboxylic acids is 2. The van der Waals surface area contributed by atoms with Crippen LogP contribution in [0.1, 0.15) is 50.1 Å². The average Bonchev–Trinajstić information content (AvgIpc) is 3.23. The predicted octanol–water partition coefficient (Wildman–Crippen LogP) is 2.92. The van der Waals surface area contributed by atoms with Crippen LogP contribution in [0.15, 0.2) is 30.3 Å². The van der Waals surface area contributed by atoms with E-state index in [2.05, 4.69) is 10.4 Å². The lowest BCUT2D eigenvalue weighted by atomic mass is 9.94. The smallest absolute Gasteiger partial charge is 0.436 e. The van der Waals surface area contributed by atoms with Crippen molar-refractivity contribution in [3.8, 4) is 0 Å². The largest absolute Gasteiger partial charge is 0.448 e. The highest BCUT2D eigenvalue weighted by atomic mass is 16.6.